The summed E-state index contributed by atoms with van der Waals surface area (Å²) in [6, 6.07) is -1.13. The molecule has 0 saturated carbocycles. The lowest BCUT2D eigenvalue weighted by molar-refractivity contribution is -0.144. The van der Waals surface area contributed by atoms with Crippen LogP contribution < -0.4 is 5.32 Å². The Morgan fingerprint density at radius 1 is 1.11 bits per heavy atom. The average Bonchev–Trinajstić information content (AvgIpc) is 2.21. The van der Waals surface area contributed by atoms with Gasteiger partial charge in [0.25, 0.3) is 0 Å². The molecule has 0 rings (SSSR count). The van der Waals surface area contributed by atoms with Gasteiger partial charge in [0, 0.05) is 0 Å². The van der Waals surface area contributed by atoms with Gasteiger partial charge in [0.05, 0.1) is 5.25 Å². The normalized spacial score (nSPS) is 15.9. The standard InChI is InChI=1S/C12H23NO5S/c1-7(2)19(17,18)8(3)10(14)13-9(11(15)16)12(4,5)6/h7-9H,1-6H3,(H,13,14)(H,15,16)/t8?,9-/m1/s1. The molecule has 0 aliphatic heterocycles. The zero-order valence-electron chi connectivity index (χ0n) is 12.2. The van der Waals surface area contributed by atoms with Gasteiger partial charge >= 0.3 is 5.97 Å². The van der Waals surface area contributed by atoms with Crippen LogP contribution in [0.4, 0.5) is 0 Å². The van der Waals surface area contributed by atoms with E-state index in [-0.39, 0.29) is 0 Å². The molecule has 0 aromatic rings. The molecule has 0 fully saturated rings. The number of carboxylic acids is 1. The van der Waals surface area contributed by atoms with Crippen LogP contribution in [0.3, 0.4) is 0 Å². The van der Waals surface area contributed by atoms with Gasteiger partial charge < -0.3 is 10.4 Å². The zero-order chi connectivity index (χ0) is 15.6. The summed E-state index contributed by atoms with van der Waals surface area (Å²) in [4.78, 5) is 23.0. The first-order valence-corrected chi connectivity index (χ1v) is 7.68. The molecule has 2 N–H and O–H groups in total. The first-order chi connectivity index (χ1) is 8.31. The first kappa shape index (κ1) is 17.9. The van der Waals surface area contributed by atoms with E-state index in [4.69, 9.17) is 5.11 Å². The fourth-order valence-corrected chi connectivity index (χ4v) is 2.65. The van der Waals surface area contributed by atoms with E-state index in [0.29, 0.717) is 0 Å². The van der Waals surface area contributed by atoms with Crippen molar-refractivity contribution in [3.05, 3.63) is 0 Å². The molecule has 6 nitrogen and oxygen atoms in total. The van der Waals surface area contributed by atoms with Crippen LogP contribution >= 0.6 is 0 Å². The van der Waals surface area contributed by atoms with Crippen molar-refractivity contribution in [1.29, 1.82) is 0 Å². The summed E-state index contributed by atoms with van der Waals surface area (Å²) < 4.78 is 23.7. The molecule has 0 spiro atoms. The van der Waals surface area contributed by atoms with Crippen molar-refractivity contribution in [2.75, 3.05) is 0 Å². The molecule has 0 bridgehead atoms. The van der Waals surface area contributed by atoms with Gasteiger partial charge in [-0.2, -0.15) is 0 Å². The smallest absolute Gasteiger partial charge is 0.326 e. The quantitative estimate of drug-likeness (QED) is 0.781. The fraction of sp³-hybridized carbons (Fsp3) is 0.833. The molecule has 0 aliphatic rings. The minimum Gasteiger partial charge on any atom is -0.480 e. The van der Waals surface area contributed by atoms with Gasteiger partial charge in [-0.3, -0.25) is 4.79 Å². The molecule has 1 unspecified atom stereocenters. The third kappa shape index (κ3) is 4.49. The summed E-state index contributed by atoms with van der Waals surface area (Å²) in [5, 5.41) is 9.43. The van der Waals surface area contributed by atoms with Crippen LogP contribution in [0.5, 0.6) is 0 Å². The number of aliphatic carboxylic acids is 1. The monoisotopic (exact) mass is 293 g/mol. The van der Waals surface area contributed by atoms with Crippen LogP contribution in [0.15, 0.2) is 0 Å². The lowest BCUT2D eigenvalue weighted by Crippen LogP contribution is -2.53. The molecule has 0 saturated heterocycles. The van der Waals surface area contributed by atoms with E-state index in [1.165, 1.54) is 20.8 Å². The number of amides is 1. The summed E-state index contributed by atoms with van der Waals surface area (Å²) in [6.07, 6.45) is 0. The van der Waals surface area contributed by atoms with Crippen LogP contribution in [0.25, 0.3) is 0 Å². The number of carbonyl (C=O) groups excluding carboxylic acids is 1. The number of nitrogens with one attached hydrogen (secondary N) is 1. The van der Waals surface area contributed by atoms with Gasteiger partial charge in [0.2, 0.25) is 5.91 Å². The van der Waals surface area contributed by atoms with E-state index in [1.54, 1.807) is 20.8 Å². The molecule has 19 heavy (non-hydrogen) atoms. The maximum Gasteiger partial charge on any atom is 0.326 e. The highest BCUT2D eigenvalue weighted by Gasteiger charge is 2.37. The van der Waals surface area contributed by atoms with Crippen LogP contribution in [-0.4, -0.2) is 41.9 Å². The SMILES string of the molecule is CC(C)S(=O)(=O)C(C)C(=O)N[C@H](C(=O)O)C(C)(C)C. The van der Waals surface area contributed by atoms with Crippen molar-refractivity contribution in [3.63, 3.8) is 0 Å². The second-order valence-electron chi connectivity index (χ2n) is 5.93. The molecule has 7 heteroatoms. The maximum atomic E-state index is 11.9. The van der Waals surface area contributed by atoms with Crippen LogP contribution in [0.1, 0.15) is 41.5 Å². The van der Waals surface area contributed by atoms with E-state index in [1.807, 2.05) is 0 Å². The summed E-state index contributed by atoms with van der Waals surface area (Å²) in [5.41, 5.74) is -0.706. The van der Waals surface area contributed by atoms with Crippen molar-refractivity contribution in [2.45, 2.75) is 58.1 Å². The Morgan fingerprint density at radius 3 is 1.79 bits per heavy atom. The minimum atomic E-state index is -3.60. The predicted molar refractivity (Wildman–Crippen MR) is 72.5 cm³/mol. The Labute approximate surface area is 114 Å². The van der Waals surface area contributed by atoms with Crippen molar-refractivity contribution in [2.24, 2.45) is 5.41 Å². The van der Waals surface area contributed by atoms with Gasteiger partial charge in [-0.25, -0.2) is 13.2 Å². The van der Waals surface area contributed by atoms with E-state index < -0.39 is 43.7 Å². The topological polar surface area (TPSA) is 101 Å². The molecule has 0 radical (unpaired) electrons. The highest BCUT2D eigenvalue weighted by molar-refractivity contribution is 7.93. The number of carbonyl (C=O) groups is 2. The maximum absolute atomic E-state index is 11.9. The second-order valence-corrected chi connectivity index (χ2v) is 8.75. The second kappa shape index (κ2) is 5.90. The minimum absolute atomic E-state index is 0.689. The van der Waals surface area contributed by atoms with Crippen LogP contribution in [0, 0.1) is 5.41 Å². The summed E-state index contributed by atoms with van der Waals surface area (Å²) in [6.45, 7) is 9.22. The van der Waals surface area contributed by atoms with Crippen molar-refractivity contribution >= 4 is 21.7 Å². The number of sulfone groups is 1. The summed E-state index contributed by atoms with van der Waals surface area (Å²) >= 11 is 0. The molecule has 1 amide bonds. The molecule has 0 heterocycles. The van der Waals surface area contributed by atoms with Crippen molar-refractivity contribution in [3.8, 4) is 0 Å². The molecule has 112 valence electrons. The van der Waals surface area contributed by atoms with Gasteiger partial charge in [-0.1, -0.05) is 20.8 Å². The van der Waals surface area contributed by atoms with E-state index in [2.05, 4.69) is 5.32 Å². The molecule has 2 atom stereocenters. The van der Waals surface area contributed by atoms with E-state index in [0.717, 1.165) is 0 Å². The third-order valence-corrected chi connectivity index (χ3v) is 5.43. The number of rotatable bonds is 5. The Bertz CT molecular complexity index is 447. The van der Waals surface area contributed by atoms with Gasteiger partial charge in [-0.05, 0) is 26.2 Å². The van der Waals surface area contributed by atoms with Gasteiger partial charge in [-0.15, -0.1) is 0 Å². The Morgan fingerprint density at radius 2 is 1.53 bits per heavy atom. The van der Waals surface area contributed by atoms with Gasteiger partial charge in [0.1, 0.15) is 11.3 Å². The highest BCUT2D eigenvalue weighted by Crippen LogP contribution is 2.20. The number of carboxylic acid groups (broad SMARTS) is 1. The Balaban J connectivity index is 5.11. The summed E-state index contributed by atoms with van der Waals surface area (Å²) in [5.74, 6) is -1.97. The fourth-order valence-electron chi connectivity index (χ4n) is 1.47. The molecular formula is C12H23NO5S. The van der Waals surface area contributed by atoms with Crippen molar-refractivity contribution < 1.29 is 23.1 Å². The zero-order valence-corrected chi connectivity index (χ0v) is 13.0. The molecular weight excluding hydrogens is 270 g/mol. The lowest BCUT2D eigenvalue weighted by Gasteiger charge is -2.29. The molecule has 0 aromatic carbocycles. The Hall–Kier alpha value is -1.11. The lowest BCUT2D eigenvalue weighted by atomic mass is 9.86. The Kier molecular flexibility index (Phi) is 5.55. The molecule has 0 aromatic heterocycles. The predicted octanol–water partition coefficient (Wildman–Crippen LogP) is 0.814. The molecule has 0 aliphatic carbocycles. The van der Waals surface area contributed by atoms with Crippen LogP contribution in [-0.2, 0) is 19.4 Å². The number of hydrogen-bond acceptors (Lipinski definition) is 4. The van der Waals surface area contributed by atoms with Crippen molar-refractivity contribution in [1.82, 2.24) is 5.32 Å². The van der Waals surface area contributed by atoms with Crippen LogP contribution in [0.2, 0.25) is 0 Å². The number of hydrogen-bond donors (Lipinski definition) is 2. The third-order valence-electron chi connectivity index (χ3n) is 2.92. The van der Waals surface area contributed by atoms with Gasteiger partial charge in [0.15, 0.2) is 9.84 Å². The summed E-state index contributed by atoms with van der Waals surface area (Å²) in [7, 11) is -3.60. The highest BCUT2D eigenvalue weighted by atomic mass is 32.2. The first-order valence-electron chi connectivity index (χ1n) is 6.07. The van der Waals surface area contributed by atoms with E-state index in [9.17, 15) is 18.0 Å². The average molecular weight is 293 g/mol. The largest absolute Gasteiger partial charge is 0.480 e. The van der Waals surface area contributed by atoms with E-state index >= 15 is 0 Å².